The van der Waals surface area contributed by atoms with Crippen LogP contribution in [-0.4, -0.2) is 45.6 Å². The van der Waals surface area contributed by atoms with Gasteiger partial charge in [-0.15, -0.1) is 0 Å². The van der Waals surface area contributed by atoms with Crippen molar-refractivity contribution in [2.75, 3.05) is 13.2 Å². The fourth-order valence-electron chi connectivity index (χ4n) is 3.74. The van der Waals surface area contributed by atoms with Crippen molar-refractivity contribution >= 4 is 11.9 Å². The molecular weight excluding hydrogens is 532 g/mol. The zero-order chi connectivity index (χ0) is 29.2. The van der Waals surface area contributed by atoms with Crippen molar-refractivity contribution in [3.63, 3.8) is 0 Å². The second-order valence-electron chi connectivity index (χ2n) is 8.86. The Bertz CT molecular complexity index is 1330. The standard InChI is InChI=1S/C31H28O10/c32-24-14-22(15-25(33)28(24)40-18-20-8-3-1-4-9-20)30(36)38-12-7-13-39-31(37)23-16-26(34)29(27(35)17-23)41-19-21-10-5-2-6-11-21/h1-6,8-11,14-17,32-35H,7,12-13,18-19H2. The molecule has 0 atom stereocenters. The fraction of sp³-hybridized carbons (Fsp3) is 0.161. The first kappa shape index (κ1) is 28.6. The van der Waals surface area contributed by atoms with Gasteiger partial charge in [0.1, 0.15) is 13.2 Å². The van der Waals surface area contributed by atoms with Gasteiger partial charge in [0.2, 0.25) is 11.5 Å². The number of carbonyl (C=O) groups is 2. The first-order chi connectivity index (χ1) is 19.8. The molecule has 0 amide bonds. The highest BCUT2D eigenvalue weighted by Crippen LogP contribution is 2.38. The van der Waals surface area contributed by atoms with Gasteiger partial charge in [-0.05, 0) is 35.4 Å². The molecule has 10 heteroatoms. The van der Waals surface area contributed by atoms with Crippen LogP contribution in [0.2, 0.25) is 0 Å². The molecule has 4 aromatic rings. The molecular formula is C31H28O10. The number of phenols is 4. The minimum Gasteiger partial charge on any atom is -0.504 e. The minimum absolute atomic E-state index is 0.0930. The van der Waals surface area contributed by atoms with Gasteiger partial charge >= 0.3 is 11.9 Å². The van der Waals surface area contributed by atoms with Crippen LogP contribution in [0.5, 0.6) is 34.5 Å². The highest BCUT2D eigenvalue weighted by Gasteiger charge is 2.18. The monoisotopic (exact) mass is 560 g/mol. The summed E-state index contributed by atoms with van der Waals surface area (Å²) in [4.78, 5) is 24.7. The zero-order valence-electron chi connectivity index (χ0n) is 21.9. The van der Waals surface area contributed by atoms with Gasteiger partial charge in [0.15, 0.2) is 23.0 Å². The first-order valence-electron chi connectivity index (χ1n) is 12.6. The van der Waals surface area contributed by atoms with E-state index in [0.29, 0.717) is 0 Å². The largest absolute Gasteiger partial charge is 0.504 e. The summed E-state index contributed by atoms with van der Waals surface area (Å²) in [6.45, 7) is -0.0307. The third-order valence-corrected chi connectivity index (χ3v) is 5.78. The first-order valence-corrected chi connectivity index (χ1v) is 12.6. The second kappa shape index (κ2) is 13.6. The third-order valence-electron chi connectivity index (χ3n) is 5.78. The smallest absolute Gasteiger partial charge is 0.338 e. The molecule has 4 N–H and O–H groups in total. The summed E-state index contributed by atoms with van der Waals surface area (Å²) >= 11 is 0. The predicted octanol–water partition coefficient (Wildman–Crippen LogP) is 5.07. The van der Waals surface area contributed by atoms with E-state index in [9.17, 15) is 30.0 Å². The molecule has 4 aromatic carbocycles. The van der Waals surface area contributed by atoms with E-state index in [1.165, 1.54) is 0 Å². The Morgan fingerprint density at radius 3 is 1.22 bits per heavy atom. The van der Waals surface area contributed by atoms with E-state index in [2.05, 4.69) is 0 Å². The van der Waals surface area contributed by atoms with E-state index in [1.807, 2.05) is 60.7 Å². The number of hydrogen-bond acceptors (Lipinski definition) is 10. The molecule has 4 rings (SSSR count). The maximum Gasteiger partial charge on any atom is 0.338 e. The lowest BCUT2D eigenvalue weighted by Crippen LogP contribution is -2.11. The van der Waals surface area contributed by atoms with Crippen molar-refractivity contribution < 1.29 is 49.0 Å². The molecule has 0 aromatic heterocycles. The number of benzene rings is 4. The minimum atomic E-state index is -0.808. The Kier molecular flexibility index (Phi) is 9.50. The van der Waals surface area contributed by atoms with Gasteiger partial charge in [-0.1, -0.05) is 60.7 Å². The number of phenolic OH excluding ortho intramolecular Hbond substituents is 4. The number of aromatic hydroxyl groups is 4. The van der Waals surface area contributed by atoms with E-state index in [0.717, 1.165) is 35.4 Å². The van der Waals surface area contributed by atoms with Gasteiger partial charge in [-0.25, -0.2) is 9.59 Å². The zero-order valence-corrected chi connectivity index (χ0v) is 21.9. The molecule has 0 heterocycles. The Morgan fingerprint density at radius 2 is 0.878 bits per heavy atom. The van der Waals surface area contributed by atoms with Crippen molar-refractivity contribution in [3.05, 3.63) is 107 Å². The maximum absolute atomic E-state index is 12.3. The Morgan fingerprint density at radius 1 is 0.537 bits per heavy atom. The van der Waals surface area contributed by atoms with Crippen LogP contribution in [0.25, 0.3) is 0 Å². The molecule has 0 bridgehead atoms. The molecule has 0 saturated heterocycles. The van der Waals surface area contributed by atoms with Crippen LogP contribution in [0, 0.1) is 0 Å². The topological polar surface area (TPSA) is 152 Å². The molecule has 41 heavy (non-hydrogen) atoms. The highest BCUT2D eigenvalue weighted by atomic mass is 16.5. The summed E-state index contributed by atoms with van der Waals surface area (Å²) in [5.74, 6) is -3.64. The average Bonchev–Trinajstić information content (AvgIpc) is 2.96. The Labute approximate surface area is 235 Å². The van der Waals surface area contributed by atoms with Crippen LogP contribution in [0.1, 0.15) is 38.3 Å². The third kappa shape index (κ3) is 7.82. The number of esters is 2. The van der Waals surface area contributed by atoms with E-state index < -0.39 is 34.9 Å². The normalized spacial score (nSPS) is 10.5. The Balaban J connectivity index is 1.22. The quantitative estimate of drug-likeness (QED) is 0.136. The number of ether oxygens (including phenoxy) is 4. The molecule has 0 radical (unpaired) electrons. The summed E-state index contributed by atoms with van der Waals surface area (Å²) in [6, 6.07) is 22.8. The lowest BCUT2D eigenvalue weighted by molar-refractivity contribution is 0.0394. The molecule has 0 aliphatic rings. The summed E-state index contributed by atoms with van der Waals surface area (Å²) in [5.41, 5.74) is 1.47. The van der Waals surface area contributed by atoms with Gasteiger partial charge in [0, 0.05) is 6.42 Å². The van der Waals surface area contributed by atoms with Crippen LogP contribution in [0.4, 0.5) is 0 Å². The fourth-order valence-corrected chi connectivity index (χ4v) is 3.74. The van der Waals surface area contributed by atoms with Crippen LogP contribution in [-0.2, 0) is 22.7 Å². The maximum atomic E-state index is 12.3. The Hall–Kier alpha value is -5.38. The number of rotatable bonds is 12. The van der Waals surface area contributed by atoms with Gasteiger partial charge < -0.3 is 39.4 Å². The van der Waals surface area contributed by atoms with Crippen molar-refractivity contribution in [1.82, 2.24) is 0 Å². The molecule has 0 fully saturated rings. The molecule has 0 aliphatic heterocycles. The molecule has 10 nitrogen and oxygen atoms in total. The van der Waals surface area contributed by atoms with E-state index >= 15 is 0 Å². The molecule has 0 saturated carbocycles. The van der Waals surface area contributed by atoms with Crippen LogP contribution < -0.4 is 9.47 Å². The van der Waals surface area contributed by atoms with Crippen molar-refractivity contribution in [1.29, 1.82) is 0 Å². The van der Waals surface area contributed by atoms with Crippen LogP contribution in [0.15, 0.2) is 84.9 Å². The van der Waals surface area contributed by atoms with Crippen molar-refractivity contribution in [3.8, 4) is 34.5 Å². The molecule has 212 valence electrons. The van der Waals surface area contributed by atoms with Gasteiger partial charge in [0.25, 0.3) is 0 Å². The van der Waals surface area contributed by atoms with Crippen LogP contribution >= 0.6 is 0 Å². The van der Waals surface area contributed by atoms with Crippen LogP contribution in [0.3, 0.4) is 0 Å². The summed E-state index contributed by atoms with van der Waals surface area (Å²) in [5, 5.41) is 40.9. The van der Waals surface area contributed by atoms with E-state index in [1.54, 1.807) is 0 Å². The average molecular weight is 561 g/mol. The lowest BCUT2D eigenvalue weighted by Gasteiger charge is -2.12. The number of carbonyl (C=O) groups excluding carboxylic acids is 2. The molecule has 0 aliphatic carbocycles. The van der Waals surface area contributed by atoms with Crippen molar-refractivity contribution in [2.45, 2.75) is 19.6 Å². The van der Waals surface area contributed by atoms with Gasteiger partial charge in [-0.3, -0.25) is 0 Å². The van der Waals surface area contributed by atoms with E-state index in [-0.39, 0.29) is 55.5 Å². The summed E-state index contributed by atoms with van der Waals surface area (Å²) < 4.78 is 21.2. The number of hydrogen-bond donors (Lipinski definition) is 4. The van der Waals surface area contributed by atoms with E-state index in [4.69, 9.17) is 18.9 Å². The summed E-state index contributed by atoms with van der Waals surface area (Å²) in [7, 11) is 0. The van der Waals surface area contributed by atoms with Crippen molar-refractivity contribution in [2.24, 2.45) is 0 Å². The van der Waals surface area contributed by atoms with Gasteiger partial charge in [0.05, 0.1) is 24.3 Å². The molecule has 0 unspecified atom stereocenters. The van der Waals surface area contributed by atoms with Gasteiger partial charge in [-0.2, -0.15) is 0 Å². The lowest BCUT2D eigenvalue weighted by atomic mass is 10.2. The second-order valence-corrected chi connectivity index (χ2v) is 8.86. The molecule has 0 spiro atoms. The summed E-state index contributed by atoms with van der Waals surface area (Å²) in [6.07, 6.45) is 0.143. The highest BCUT2D eigenvalue weighted by molar-refractivity contribution is 5.91. The SMILES string of the molecule is O=C(OCCCOC(=O)c1cc(O)c(OCc2ccccc2)c(O)c1)c1cc(O)c(OCc2ccccc2)c(O)c1. The predicted molar refractivity (Wildman–Crippen MR) is 146 cm³/mol.